The molecule has 1 N–H and O–H groups in total. The van der Waals surface area contributed by atoms with Crippen LogP contribution in [0.5, 0.6) is 5.75 Å². The molecule has 0 saturated heterocycles. The van der Waals surface area contributed by atoms with Gasteiger partial charge in [0.05, 0.1) is 17.7 Å². The number of nitrogens with one attached hydrogen (secondary N) is 1. The Hall–Kier alpha value is -4.70. The number of amides is 2. The summed E-state index contributed by atoms with van der Waals surface area (Å²) in [6.07, 6.45) is 0.920. The van der Waals surface area contributed by atoms with E-state index in [0.29, 0.717) is 18.7 Å². The molecule has 4 aromatic carbocycles. The first kappa shape index (κ1) is 33.2. The number of hydrogen-bond donors (Lipinski definition) is 1. The first-order valence-electron chi connectivity index (χ1n) is 14.7. The average Bonchev–Trinajstić information content (AvgIpc) is 3.05. The van der Waals surface area contributed by atoms with Crippen molar-refractivity contribution in [3.05, 3.63) is 126 Å². The van der Waals surface area contributed by atoms with Gasteiger partial charge in [0, 0.05) is 19.5 Å². The van der Waals surface area contributed by atoms with Crippen LogP contribution in [0.4, 0.5) is 10.1 Å². The maximum absolute atomic E-state index is 14.4. The van der Waals surface area contributed by atoms with Gasteiger partial charge in [0.15, 0.2) is 0 Å². The summed E-state index contributed by atoms with van der Waals surface area (Å²) in [5.74, 6) is -1.02. The molecule has 236 valence electrons. The van der Waals surface area contributed by atoms with Crippen LogP contribution in [-0.2, 0) is 32.6 Å². The lowest BCUT2D eigenvalue weighted by molar-refractivity contribution is -0.140. The second-order valence-electron chi connectivity index (χ2n) is 10.6. The predicted octanol–water partition coefficient (Wildman–Crippen LogP) is 5.50. The van der Waals surface area contributed by atoms with Crippen LogP contribution in [0.2, 0.25) is 0 Å². The van der Waals surface area contributed by atoms with Gasteiger partial charge in [0.25, 0.3) is 10.0 Å². The number of benzene rings is 4. The largest absolute Gasteiger partial charge is 0.497 e. The molecule has 0 spiro atoms. The summed E-state index contributed by atoms with van der Waals surface area (Å²) in [5, 5.41) is 2.93. The van der Waals surface area contributed by atoms with E-state index in [1.54, 1.807) is 0 Å². The molecular weight excluding hydrogens is 593 g/mol. The zero-order chi connectivity index (χ0) is 32.4. The summed E-state index contributed by atoms with van der Waals surface area (Å²) >= 11 is 0. The minimum atomic E-state index is -4.31. The number of sulfonamides is 1. The Kier molecular flexibility index (Phi) is 11.3. The molecule has 0 aliphatic carbocycles. The molecule has 10 heteroatoms. The fraction of sp³-hybridized carbons (Fsp3) is 0.257. The minimum absolute atomic E-state index is 0.0718. The SMILES string of the molecule is CCCNC(=O)C(Cc1ccccc1)N(Cc1ccccc1C)C(=O)CN(c1ccc(F)cc1)S(=O)(=O)c1ccc(OC)cc1. The molecule has 45 heavy (non-hydrogen) atoms. The predicted molar refractivity (Wildman–Crippen MR) is 173 cm³/mol. The molecule has 1 atom stereocenters. The quantitative estimate of drug-likeness (QED) is 0.198. The Morgan fingerprint density at radius 3 is 2.16 bits per heavy atom. The smallest absolute Gasteiger partial charge is 0.264 e. The van der Waals surface area contributed by atoms with Crippen molar-refractivity contribution in [1.29, 1.82) is 0 Å². The first-order valence-corrected chi connectivity index (χ1v) is 16.2. The zero-order valence-corrected chi connectivity index (χ0v) is 26.5. The molecule has 0 radical (unpaired) electrons. The molecule has 4 aromatic rings. The van der Waals surface area contributed by atoms with Crippen molar-refractivity contribution in [1.82, 2.24) is 10.2 Å². The third kappa shape index (κ3) is 8.48. The van der Waals surface area contributed by atoms with Crippen LogP contribution in [-0.4, -0.2) is 51.4 Å². The molecule has 8 nitrogen and oxygen atoms in total. The summed E-state index contributed by atoms with van der Waals surface area (Å²) < 4.78 is 48.2. The Balaban J connectivity index is 1.80. The Morgan fingerprint density at radius 1 is 0.889 bits per heavy atom. The van der Waals surface area contributed by atoms with Crippen molar-refractivity contribution in [2.75, 3.05) is 24.5 Å². The van der Waals surface area contributed by atoms with E-state index in [-0.39, 0.29) is 29.5 Å². The summed E-state index contributed by atoms with van der Waals surface area (Å²) in [7, 11) is -2.84. The number of ether oxygens (including phenoxy) is 1. The summed E-state index contributed by atoms with van der Waals surface area (Å²) in [5.41, 5.74) is 2.69. The second kappa shape index (κ2) is 15.3. The maximum atomic E-state index is 14.4. The van der Waals surface area contributed by atoms with Crippen LogP contribution in [0.15, 0.2) is 108 Å². The summed E-state index contributed by atoms with van der Waals surface area (Å²) in [6.45, 7) is 3.72. The third-order valence-electron chi connectivity index (χ3n) is 7.46. The number of nitrogens with zero attached hydrogens (tertiary/aromatic N) is 2. The Bertz CT molecular complexity index is 1680. The van der Waals surface area contributed by atoms with Gasteiger partial charge in [-0.3, -0.25) is 13.9 Å². The van der Waals surface area contributed by atoms with Gasteiger partial charge in [-0.1, -0.05) is 61.5 Å². The van der Waals surface area contributed by atoms with E-state index in [0.717, 1.165) is 33.1 Å². The van der Waals surface area contributed by atoms with Crippen molar-refractivity contribution < 1.29 is 27.1 Å². The highest BCUT2D eigenvalue weighted by Gasteiger charge is 2.34. The second-order valence-corrected chi connectivity index (χ2v) is 12.5. The number of carbonyl (C=O) groups excluding carboxylic acids is 2. The van der Waals surface area contributed by atoms with Crippen molar-refractivity contribution in [2.45, 2.75) is 44.2 Å². The van der Waals surface area contributed by atoms with Crippen molar-refractivity contribution in [2.24, 2.45) is 0 Å². The highest BCUT2D eigenvalue weighted by Crippen LogP contribution is 2.27. The van der Waals surface area contributed by atoms with Crippen molar-refractivity contribution >= 4 is 27.5 Å². The lowest BCUT2D eigenvalue weighted by atomic mass is 10.0. The van der Waals surface area contributed by atoms with E-state index in [1.807, 2.05) is 68.4 Å². The molecular formula is C35H38FN3O5S. The number of hydrogen-bond acceptors (Lipinski definition) is 5. The first-order chi connectivity index (χ1) is 21.6. The molecule has 2 amide bonds. The standard InChI is InChI=1S/C35H38FN3O5S/c1-4-22-37-35(41)33(23-27-11-6-5-7-12-27)38(24-28-13-9-8-10-26(28)2)34(40)25-39(30-16-14-29(36)15-17-30)45(42,43)32-20-18-31(44-3)19-21-32/h5-21,33H,4,22-25H2,1-3H3,(H,37,41). The van der Waals surface area contributed by atoms with Gasteiger partial charge in [-0.05, 0) is 78.6 Å². The number of rotatable bonds is 14. The van der Waals surface area contributed by atoms with E-state index in [9.17, 15) is 22.4 Å². The van der Waals surface area contributed by atoms with Gasteiger partial charge >= 0.3 is 0 Å². The third-order valence-corrected chi connectivity index (χ3v) is 9.25. The van der Waals surface area contributed by atoms with Crippen LogP contribution >= 0.6 is 0 Å². The molecule has 0 aliphatic rings. The topological polar surface area (TPSA) is 96.0 Å². The van der Waals surface area contributed by atoms with E-state index >= 15 is 0 Å². The van der Waals surface area contributed by atoms with E-state index in [1.165, 1.54) is 48.4 Å². The van der Waals surface area contributed by atoms with Gasteiger partial charge < -0.3 is 15.0 Å². The van der Waals surface area contributed by atoms with Crippen LogP contribution in [0.25, 0.3) is 0 Å². The molecule has 4 rings (SSSR count). The molecule has 0 saturated carbocycles. The van der Waals surface area contributed by atoms with Crippen LogP contribution in [0.3, 0.4) is 0 Å². The van der Waals surface area contributed by atoms with E-state index < -0.39 is 34.3 Å². The summed E-state index contributed by atoms with van der Waals surface area (Å²) in [6, 6.07) is 26.6. The highest BCUT2D eigenvalue weighted by atomic mass is 32.2. The minimum Gasteiger partial charge on any atom is -0.497 e. The molecule has 1 unspecified atom stereocenters. The average molecular weight is 632 g/mol. The fourth-order valence-electron chi connectivity index (χ4n) is 4.90. The Labute approximate surface area is 264 Å². The monoisotopic (exact) mass is 631 g/mol. The highest BCUT2D eigenvalue weighted by molar-refractivity contribution is 7.92. The van der Waals surface area contributed by atoms with Crippen molar-refractivity contribution in [3.8, 4) is 5.75 Å². The number of methoxy groups -OCH3 is 1. The van der Waals surface area contributed by atoms with Crippen molar-refractivity contribution in [3.63, 3.8) is 0 Å². The molecule has 0 fully saturated rings. The number of anilines is 1. The van der Waals surface area contributed by atoms with Gasteiger partial charge in [-0.2, -0.15) is 0 Å². The fourth-order valence-corrected chi connectivity index (χ4v) is 6.32. The van der Waals surface area contributed by atoms with Crippen LogP contribution < -0.4 is 14.4 Å². The lowest BCUT2D eigenvalue weighted by Crippen LogP contribution is -2.53. The molecule has 0 aliphatic heterocycles. The molecule has 0 aromatic heterocycles. The van der Waals surface area contributed by atoms with Crippen LogP contribution in [0, 0.1) is 12.7 Å². The van der Waals surface area contributed by atoms with Gasteiger partial charge in [0.2, 0.25) is 11.8 Å². The normalized spacial score (nSPS) is 11.8. The maximum Gasteiger partial charge on any atom is 0.264 e. The number of carbonyl (C=O) groups is 2. The zero-order valence-electron chi connectivity index (χ0n) is 25.6. The van der Waals surface area contributed by atoms with E-state index in [4.69, 9.17) is 4.74 Å². The number of halogens is 1. The van der Waals surface area contributed by atoms with Crippen LogP contribution in [0.1, 0.15) is 30.0 Å². The van der Waals surface area contributed by atoms with Gasteiger partial charge in [-0.25, -0.2) is 12.8 Å². The summed E-state index contributed by atoms with van der Waals surface area (Å²) in [4.78, 5) is 29.5. The van der Waals surface area contributed by atoms with E-state index in [2.05, 4.69) is 5.32 Å². The molecule has 0 bridgehead atoms. The molecule has 0 heterocycles. The van der Waals surface area contributed by atoms with Gasteiger partial charge in [0.1, 0.15) is 24.2 Å². The lowest BCUT2D eigenvalue weighted by Gasteiger charge is -2.34. The van der Waals surface area contributed by atoms with Gasteiger partial charge in [-0.15, -0.1) is 0 Å². The Morgan fingerprint density at radius 2 is 1.53 bits per heavy atom. The number of aryl methyl sites for hydroxylation is 1.